The third kappa shape index (κ3) is 2.42. The van der Waals surface area contributed by atoms with Crippen molar-refractivity contribution in [3.8, 4) is 0 Å². The van der Waals surface area contributed by atoms with E-state index in [1.165, 1.54) is 13.8 Å². The molecule has 4 heteroatoms. The number of rotatable bonds is 3. The van der Waals surface area contributed by atoms with E-state index >= 15 is 0 Å². The molecular formula is C14H17F3O. The van der Waals surface area contributed by atoms with Gasteiger partial charge in [-0.05, 0) is 5.56 Å². The lowest BCUT2D eigenvalue weighted by Crippen LogP contribution is -2.48. The lowest BCUT2D eigenvalue weighted by atomic mass is 9.62. The molecule has 0 spiro atoms. The van der Waals surface area contributed by atoms with Crippen LogP contribution in [0.25, 0.3) is 0 Å². The zero-order valence-electron chi connectivity index (χ0n) is 10.9. The van der Waals surface area contributed by atoms with E-state index in [4.69, 9.17) is 0 Å². The molecule has 0 N–H and O–H groups in total. The summed E-state index contributed by atoms with van der Waals surface area (Å²) in [5.41, 5.74) is -1.71. The quantitative estimate of drug-likeness (QED) is 0.797. The van der Waals surface area contributed by atoms with Gasteiger partial charge in [-0.1, -0.05) is 58.0 Å². The Balaban J connectivity index is 3.23. The standard InChI is InChI=1S/C14H17F3O/c1-12(2,10-8-6-5-7-9-10)13(3,4)11(18)14(15,16)17/h5-9H,1-4H3. The highest BCUT2D eigenvalue weighted by Crippen LogP contribution is 2.45. The second kappa shape index (κ2) is 4.41. The molecule has 0 heterocycles. The largest absolute Gasteiger partial charge is 0.450 e. The second-order valence-corrected chi connectivity index (χ2v) is 5.44. The van der Waals surface area contributed by atoms with Crippen molar-refractivity contribution in [3.63, 3.8) is 0 Å². The summed E-state index contributed by atoms with van der Waals surface area (Å²) in [4.78, 5) is 11.6. The monoisotopic (exact) mass is 258 g/mol. The lowest BCUT2D eigenvalue weighted by Gasteiger charge is -2.41. The molecule has 18 heavy (non-hydrogen) atoms. The first kappa shape index (κ1) is 14.7. The molecule has 100 valence electrons. The third-order valence-corrected chi connectivity index (χ3v) is 3.88. The number of carbonyl (C=O) groups is 1. The third-order valence-electron chi connectivity index (χ3n) is 3.88. The van der Waals surface area contributed by atoms with Crippen LogP contribution in [0.15, 0.2) is 30.3 Å². The first-order valence-electron chi connectivity index (χ1n) is 5.68. The van der Waals surface area contributed by atoms with Gasteiger partial charge >= 0.3 is 6.18 Å². The summed E-state index contributed by atoms with van der Waals surface area (Å²) >= 11 is 0. The SMILES string of the molecule is CC(C)(C(=O)C(F)(F)F)C(C)(C)c1ccccc1. The Hall–Kier alpha value is -1.32. The minimum atomic E-state index is -4.81. The fourth-order valence-corrected chi connectivity index (χ4v) is 1.85. The number of hydrogen-bond donors (Lipinski definition) is 0. The number of ketones is 1. The summed E-state index contributed by atoms with van der Waals surface area (Å²) in [6.07, 6.45) is -4.81. The molecule has 0 saturated carbocycles. The van der Waals surface area contributed by atoms with Crippen LogP contribution >= 0.6 is 0 Å². The second-order valence-electron chi connectivity index (χ2n) is 5.44. The summed E-state index contributed by atoms with van der Waals surface area (Å²) in [6.45, 7) is 6.00. The van der Waals surface area contributed by atoms with Crippen molar-refractivity contribution in [1.82, 2.24) is 0 Å². The van der Waals surface area contributed by atoms with Crippen LogP contribution in [0.3, 0.4) is 0 Å². The van der Waals surface area contributed by atoms with Crippen molar-refractivity contribution in [1.29, 1.82) is 0 Å². The first-order valence-corrected chi connectivity index (χ1v) is 5.68. The van der Waals surface area contributed by atoms with E-state index in [-0.39, 0.29) is 0 Å². The summed E-state index contributed by atoms with van der Waals surface area (Å²) < 4.78 is 37.9. The maximum Gasteiger partial charge on any atom is 0.450 e. The molecule has 1 aromatic rings. The van der Waals surface area contributed by atoms with Crippen LogP contribution in [-0.2, 0) is 10.2 Å². The average Bonchev–Trinajstić information content (AvgIpc) is 2.27. The van der Waals surface area contributed by atoms with Crippen molar-refractivity contribution < 1.29 is 18.0 Å². The van der Waals surface area contributed by atoms with Gasteiger partial charge in [0.25, 0.3) is 0 Å². The van der Waals surface area contributed by atoms with E-state index in [2.05, 4.69) is 0 Å². The van der Waals surface area contributed by atoms with E-state index < -0.39 is 22.8 Å². The van der Waals surface area contributed by atoms with Crippen LogP contribution in [0.1, 0.15) is 33.3 Å². The van der Waals surface area contributed by atoms with Crippen LogP contribution in [-0.4, -0.2) is 12.0 Å². The Labute approximate surface area is 105 Å². The highest BCUT2D eigenvalue weighted by molar-refractivity contribution is 5.90. The minimum Gasteiger partial charge on any atom is -0.289 e. The Morgan fingerprint density at radius 2 is 1.39 bits per heavy atom. The minimum absolute atomic E-state index is 0.715. The highest BCUT2D eigenvalue weighted by Gasteiger charge is 2.54. The first-order chi connectivity index (χ1) is 8.01. The summed E-state index contributed by atoms with van der Waals surface area (Å²) in [6, 6.07) is 8.78. The van der Waals surface area contributed by atoms with E-state index in [1.807, 2.05) is 0 Å². The Morgan fingerprint density at radius 1 is 0.944 bits per heavy atom. The highest BCUT2D eigenvalue weighted by atomic mass is 19.4. The fraction of sp³-hybridized carbons (Fsp3) is 0.500. The molecule has 0 radical (unpaired) electrons. The molecule has 0 aromatic heterocycles. The van der Waals surface area contributed by atoms with Crippen LogP contribution < -0.4 is 0 Å². The summed E-state index contributed by atoms with van der Waals surface area (Å²) in [5, 5.41) is 0. The predicted octanol–water partition coefficient (Wildman–Crippen LogP) is 4.12. The molecule has 0 amide bonds. The van der Waals surface area contributed by atoms with Gasteiger partial charge in [0.2, 0.25) is 5.78 Å². The molecule has 1 aromatic carbocycles. The number of Topliss-reactive ketones (excluding diaryl/α,β-unsaturated/α-hetero) is 1. The van der Waals surface area contributed by atoms with E-state index in [1.54, 1.807) is 44.2 Å². The molecule has 0 saturated heterocycles. The van der Waals surface area contributed by atoms with Gasteiger partial charge in [0, 0.05) is 10.8 Å². The van der Waals surface area contributed by atoms with Gasteiger partial charge in [0.15, 0.2) is 0 Å². The van der Waals surface area contributed by atoms with Crippen LogP contribution in [0.2, 0.25) is 0 Å². The average molecular weight is 258 g/mol. The Bertz CT molecular complexity index is 430. The lowest BCUT2D eigenvalue weighted by molar-refractivity contribution is -0.183. The molecule has 0 atom stereocenters. The predicted molar refractivity (Wildman–Crippen MR) is 64.3 cm³/mol. The van der Waals surface area contributed by atoms with E-state index in [0.717, 1.165) is 0 Å². The normalized spacial score (nSPS) is 13.5. The smallest absolute Gasteiger partial charge is 0.289 e. The zero-order chi connectivity index (χ0) is 14.2. The van der Waals surface area contributed by atoms with Gasteiger partial charge in [-0.15, -0.1) is 0 Å². The fourth-order valence-electron chi connectivity index (χ4n) is 1.85. The number of halogens is 3. The zero-order valence-corrected chi connectivity index (χ0v) is 10.9. The van der Waals surface area contributed by atoms with Crippen LogP contribution in [0.5, 0.6) is 0 Å². The van der Waals surface area contributed by atoms with Crippen molar-refractivity contribution in [2.45, 2.75) is 39.3 Å². The van der Waals surface area contributed by atoms with E-state index in [0.29, 0.717) is 5.56 Å². The molecule has 0 aliphatic heterocycles. The Kier molecular flexibility index (Phi) is 3.61. The van der Waals surface area contributed by atoms with Crippen molar-refractivity contribution in [2.75, 3.05) is 0 Å². The topological polar surface area (TPSA) is 17.1 Å². The molecule has 0 fully saturated rings. The van der Waals surface area contributed by atoms with Gasteiger partial charge < -0.3 is 0 Å². The molecule has 0 unspecified atom stereocenters. The summed E-state index contributed by atoms with van der Waals surface area (Å²) in [5.74, 6) is -1.69. The molecular weight excluding hydrogens is 241 g/mol. The van der Waals surface area contributed by atoms with Crippen molar-refractivity contribution in [2.24, 2.45) is 5.41 Å². The van der Waals surface area contributed by atoms with Crippen molar-refractivity contribution in [3.05, 3.63) is 35.9 Å². The summed E-state index contributed by atoms with van der Waals surface area (Å²) in [7, 11) is 0. The van der Waals surface area contributed by atoms with Gasteiger partial charge in [-0.3, -0.25) is 4.79 Å². The van der Waals surface area contributed by atoms with Gasteiger partial charge in [-0.2, -0.15) is 13.2 Å². The van der Waals surface area contributed by atoms with Crippen LogP contribution in [0, 0.1) is 5.41 Å². The number of carbonyl (C=O) groups excluding carboxylic acids is 1. The molecule has 1 rings (SSSR count). The molecule has 0 aliphatic carbocycles. The van der Waals surface area contributed by atoms with Gasteiger partial charge in [0.05, 0.1) is 0 Å². The maximum absolute atomic E-state index is 12.6. The van der Waals surface area contributed by atoms with Gasteiger partial charge in [0.1, 0.15) is 0 Å². The van der Waals surface area contributed by atoms with Crippen LogP contribution in [0.4, 0.5) is 13.2 Å². The number of alkyl halides is 3. The Morgan fingerprint density at radius 3 is 1.78 bits per heavy atom. The number of hydrogen-bond acceptors (Lipinski definition) is 1. The van der Waals surface area contributed by atoms with Gasteiger partial charge in [-0.25, -0.2) is 0 Å². The van der Waals surface area contributed by atoms with E-state index in [9.17, 15) is 18.0 Å². The maximum atomic E-state index is 12.6. The molecule has 1 nitrogen and oxygen atoms in total. The molecule has 0 bridgehead atoms. The molecule has 0 aliphatic rings. The number of benzene rings is 1. The van der Waals surface area contributed by atoms with Crippen molar-refractivity contribution >= 4 is 5.78 Å².